The molecule has 1 heterocycles. The van der Waals surface area contributed by atoms with E-state index < -0.39 is 30.3 Å². The molecule has 0 aromatic heterocycles. The number of hydrogen-bond acceptors (Lipinski definition) is 6. The number of hydrogen-bond donors (Lipinski definition) is 1. The van der Waals surface area contributed by atoms with Crippen molar-refractivity contribution in [1.29, 1.82) is 0 Å². The van der Waals surface area contributed by atoms with Gasteiger partial charge in [0.2, 0.25) is 0 Å². The number of carbonyl (C=O) groups excluding carboxylic acids is 4. The number of nitrogens with one attached hydrogen (secondary N) is 1. The second-order valence-electron chi connectivity index (χ2n) is 7.12. The minimum absolute atomic E-state index is 0.109. The van der Waals surface area contributed by atoms with Gasteiger partial charge in [-0.3, -0.25) is 14.4 Å². The second-order valence-corrected chi connectivity index (χ2v) is 7.12. The number of amides is 3. The van der Waals surface area contributed by atoms with Gasteiger partial charge < -0.3 is 14.8 Å². The van der Waals surface area contributed by atoms with Gasteiger partial charge in [0.25, 0.3) is 17.7 Å². The first-order valence-corrected chi connectivity index (χ1v) is 10.3. The highest BCUT2D eigenvalue weighted by Gasteiger charge is 2.36. The van der Waals surface area contributed by atoms with Crippen LogP contribution >= 0.6 is 0 Å². The quantitative estimate of drug-likeness (QED) is 0.441. The number of ether oxygens (including phenoxy) is 2. The SMILES string of the molecule is CCOc1ccc(NC(=O)COC(=O)c2cccc(N3C(=O)c4ccccc4C3=O)c2)cc1. The Kier molecular flexibility index (Phi) is 6.17. The van der Waals surface area contributed by atoms with E-state index in [4.69, 9.17) is 9.47 Å². The van der Waals surface area contributed by atoms with Crippen LogP contribution in [0, 0.1) is 0 Å². The Morgan fingerprint density at radius 1 is 0.879 bits per heavy atom. The van der Waals surface area contributed by atoms with Crippen LogP contribution in [0.25, 0.3) is 0 Å². The smallest absolute Gasteiger partial charge is 0.338 e. The van der Waals surface area contributed by atoms with Crippen LogP contribution in [-0.4, -0.2) is 36.9 Å². The molecule has 1 aliphatic heterocycles. The minimum Gasteiger partial charge on any atom is -0.494 e. The molecular weight excluding hydrogens is 424 g/mol. The number of nitrogens with zero attached hydrogens (tertiary/aromatic N) is 1. The molecule has 0 saturated heterocycles. The van der Waals surface area contributed by atoms with Gasteiger partial charge in [-0.05, 0) is 61.5 Å². The van der Waals surface area contributed by atoms with Gasteiger partial charge in [0.05, 0.1) is 29.0 Å². The molecule has 8 nitrogen and oxygen atoms in total. The second kappa shape index (κ2) is 9.35. The number of benzene rings is 3. The van der Waals surface area contributed by atoms with Gasteiger partial charge in [-0.1, -0.05) is 18.2 Å². The van der Waals surface area contributed by atoms with E-state index in [9.17, 15) is 19.2 Å². The molecule has 0 aliphatic carbocycles. The fourth-order valence-corrected chi connectivity index (χ4v) is 3.41. The van der Waals surface area contributed by atoms with Gasteiger partial charge in [-0.25, -0.2) is 9.69 Å². The van der Waals surface area contributed by atoms with Gasteiger partial charge in [-0.15, -0.1) is 0 Å². The Bertz CT molecular complexity index is 1200. The highest BCUT2D eigenvalue weighted by Crippen LogP contribution is 2.28. The maximum Gasteiger partial charge on any atom is 0.338 e. The first-order chi connectivity index (χ1) is 16.0. The fourth-order valence-electron chi connectivity index (χ4n) is 3.41. The average Bonchev–Trinajstić information content (AvgIpc) is 3.09. The molecule has 0 fully saturated rings. The van der Waals surface area contributed by atoms with E-state index in [1.807, 2.05) is 6.92 Å². The Labute approximate surface area is 189 Å². The number of imide groups is 1. The molecule has 3 aromatic carbocycles. The molecular formula is C25H20N2O6. The van der Waals surface area contributed by atoms with Crippen molar-refractivity contribution in [3.8, 4) is 5.75 Å². The Balaban J connectivity index is 1.39. The Morgan fingerprint density at radius 2 is 1.55 bits per heavy atom. The third kappa shape index (κ3) is 4.59. The summed E-state index contributed by atoms with van der Waals surface area (Å²) in [5.74, 6) is -1.51. The number of carbonyl (C=O) groups is 4. The summed E-state index contributed by atoms with van der Waals surface area (Å²) >= 11 is 0. The lowest BCUT2D eigenvalue weighted by atomic mass is 10.1. The van der Waals surface area contributed by atoms with Crippen LogP contribution in [0.3, 0.4) is 0 Å². The van der Waals surface area contributed by atoms with Crippen LogP contribution in [0.5, 0.6) is 5.75 Å². The summed E-state index contributed by atoms with van der Waals surface area (Å²) < 4.78 is 10.4. The molecule has 166 valence electrons. The normalized spacial score (nSPS) is 12.3. The van der Waals surface area contributed by atoms with Gasteiger partial charge in [0.1, 0.15) is 5.75 Å². The number of fused-ring (bicyclic) bond motifs is 1. The van der Waals surface area contributed by atoms with Crippen molar-refractivity contribution in [3.05, 3.63) is 89.5 Å². The third-order valence-corrected chi connectivity index (χ3v) is 4.92. The molecule has 0 bridgehead atoms. The van der Waals surface area contributed by atoms with Crippen molar-refractivity contribution >= 4 is 35.1 Å². The minimum atomic E-state index is -0.754. The first-order valence-electron chi connectivity index (χ1n) is 10.3. The molecule has 8 heteroatoms. The number of esters is 1. The summed E-state index contributed by atoms with van der Waals surface area (Å²) in [6, 6.07) is 19.3. The molecule has 0 saturated carbocycles. The van der Waals surface area contributed by atoms with Crippen molar-refractivity contribution in [3.63, 3.8) is 0 Å². The molecule has 0 unspecified atom stereocenters. The molecule has 4 rings (SSSR count). The van der Waals surface area contributed by atoms with E-state index >= 15 is 0 Å². The first kappa shape index (κ1) is 21.8. The molecule has 0 spiro atoms. The van der Waals surface area contributed by atoms with E-state index in [2.05, 4.69) is 5.32 Å². The van der Waals surface area contributed by atoms with E-state index in [0.717, 1.165) is 4.90 Å². The molecule has 0 radical (unpaired) electrons. The Hall–Kier alpha value is -4.46. The van der Waals surface area contributed by atoms with Crippen molar-refractivity contribution in [1.82, 2.24) is 0 Å². The highest BCUT2D eigenvalue weighted by atomic mass is 16.5. The average molecular weight is 444 g/mol. The summed E-state index contributed by atoms with van der Waals surface area (Å²) in [7, 11) is 0. The molecule has 3 amide bonds. The molecule has 33 heavy (non-hydrogen) atoms. The lowest BCUT2D eigenvalue weighted by Crippen LogP contribution is -2.29. The topological polar surface area (TPSA) is 102 Å². The fraction of sp³-hybridized carbons (Fsp3) is 0.120. The Morgan fingerprint density at radius 3 is 2.18 bits per heavy atom. The summed E-state index contributed by atoms with van der Waals surface area (Å²) in [4.78, 5) is 50.9. The van der Waals surface area contributed by atoms with E-state index in [1.165, 1.54) is 18.2 Å². The van der Waals surface area contributed by atoms with Gasteiger partial charge in [0, 0.05) is 5.69 Å². The van der Waals surface area contributed by atoms with Crippen molar-refractivity contribution in [2.24, 2.45) is 0 Å². The van der Waals surface area contributed by atoms with Crippen LogP contribution in [0.2, 0.25) is 0 Å². The molecule has 3 aromatic rings. The molecule has 1 aliphatic rings. The molecule has 0 atom stereocenters. The highest BCUT2D eigenvalue weighted by molar-refractivity contribution is 6.34. The predicted molar refractivity (Wildman–Crippen MR) is 121 cm³/mol. The van der Waals surface area contributed by atoms with Gasteiger partial charge in [-0.2, -0.15) is 0 Å². The zero-order valence-electron chi connectivity index (χ0n) is 17.7. The molecule has 1 N–H and O–H groups in total. The lowest BCUT2D eigenvalue weighted by molar-refractivity contribution is -0.119. The van der Waals surface area contributed by atoms with Crippen LogP contribution in [0.4, 0.5) is 11.4 Å². The number of anilines is 2. The zero-order valence-corrected chi connectivity index (χ0v) is 17.7. The predicted octanol–water partition coefficient (Wildman–Crippen LogP) is 3.68. The summed E-state index contributed by atoms with van der Waals surface area (Å²) in [5.41, 5.74) is 1.50. The van der Waals surface area contributed by atoms with E-state index in [1.54, 1.807) is 54.6 Å². The van der Waals surface area contributed by atoms with Crippen LogP contribution in [-0.2, 0) is 9.53 Å². The summed E-state index contributed by atoms with van der Waals surface area (Å²) in [6.45, 7) is 1.92. The van der Waals surface area contributed by atoms with Crippen LogP contribution in [0.1, 0.15) is 38.0 Å². The van der Waals surface area contributed by atoms with Crippen molar-refractivity contribution < 1.29 is 28.7 Å². The maximum absolute atomic E-state index is 12.7. The van der Waals surface area contributed by atoms with Gasteiger partial charge >= 0.3 is 5.97 Å². The van der Waals surface area contributed by atoms with E-state index in [-0.39, 0.29) is 11.3 Å². The monoisotopic (exact) mass is 444 g/mol. The maximum atomic E-state index is 12.7. The zero-order chi connectivity index (χ0) is 23.4. The van der Waals surface area contributed by atoms with Gasteiger partial charge in [0.15, 0.2) is 6.61 Å². The lowest BCUT2D eigenvalue weighted by Gasteiger charge is -2.15. The van der Waals surface area contributed by atoms with Crippen LogP contribution < -0.4 is 15.0 Å². The summed E-state index contributed by atoms with van der Waals surface area (Å²) in [6.07, 6.45) is 0. The number of rotatable bonds is 7. The van der Waals surface area contributed by atoms with Crippen molar-refractivity contribution in [2.75, 3.05) is 23.4 Å². The summed E-state index contributed by atoms with van der Waals surface area (Å²) in [5, 5.41) is 2.63. The largest absolute Gasteiger partial charge is 0.494 e. The van der Waals surface area contributed by atoms with Crippen LogP contribution in [0.15, 0.2) is 72.8 Å². The standard InChI is InChI=1S/C25H20N2O6/c1-2-32-19-12-10-17(11-13-19)26-22(28)15-33-25(31)16-6-5-7-18(14-16)27-23(29)20-8-3-4-9-21(20)24(27)30/h3-14H,2,15H2,1H3,(H,26,28). The van der Waals surface area contributed by atoms with E-state index in [0.29, 0.717) is 29.2 Å². The van der Waals surface area contributed by atoms with Crippen molar-refractivity contribution in [2.45, 2.75) is 6.92 Å². The third-order valence-electron chi connectivity index (χ3n) is 4.92.